The summed E-state index contributed by atoms with van der Waals surface area (Å²) in [5, 5.41) is 0.784. The first-order valence-corrected chi connectivity index (χ1v) is 8.38. The third-order valence-corrected chi connectivity index (χ3v) is 5.39. The maximum Gasteiger partial charge on any atom is 0.123 e. The van der Waals surface area contributed by atoms with Gasteiger partial charge in [-0.15, -0.1) is 0 Å². The van der Waals surface area contributed by atoms with Crippen molar-refractivity contribution in [1.82, 2.24) is 0 Å². The normalized spacial score (nSPS) is 17.8. The van der Waals surface area contributed by atoms with Crippen molar-refractivity contribution < 1.29 is 9.47 Å². The molecule has 2 N–H and O–H groups in total. The lowest BCUT2D eigenvalue weighted by atomic mass is 10.0. The third kappa shape index (κ3) is 4.06. The summed E-state index contributed by atoms with van der Waals surface area (Å²) in [6, 6.07) is 5.82. The Morgan fingerprint density at radius 2 is 1.95 bits per heavy atom. The molecule has 4 heteroatoms. The van der Waals surface area contributed by atoms with Crippen LogP contribution in [-0.4, -0.2) is 25.2 Å². The fourth-order valence-electron chi connectivity index (χ4n) is 2.69. The predicted molar refractivity (Wildman–Crippen MR) is 85.8 cm³/mol. The van der Waals surface area contributed by atoms with E-state index < -0.39 is 0 Å². The highest BCUT2D eigenvalue weighted by Gasteiger charge is 2.18. The summed E-state index contributed by atoms with van der Waals surface area (Å²) in [5.41, 5.74) is 7.39. The molecule has 0 saturated heterocycles. The van der Waals surface area contributed by atoms with Gasteiger partial charge in [0.1, 0.15) is 11.5 Å². The van der Waals surface area contributed by atoms with Crippen LogP contribution in [0.2, 0.25) is 0 Å². The van der Waals surface area contributed by atoms with Crippen LogP contribution in [0.5, 0.6) is 11.5 Å². The summed E-state index contributed by atoms with van der Waals surface area (Å²) in [5.74, 6) is 2.62. The first-order chi connectivity index (χ1) is 9.74. The van der Waals surface area contributed by atoms with Crippen LogP contribution in [0, 0.1) is 0 Å². The van der Waals surface area contributed by atoms with Gasteiger partial charge >= 0.3 is 0 Å². The molecular formula is C16H25NO2S. The van der Waals surface area contributed by atoms with Crippen molar-refractivity contribution in [3.8, 4) is 11.5 Å². The van der Waals surface area contributed by atoms with Gasteiger partial charge in [0.25, 0.3) is 0 Å². The van der Waals surface area contributed by atoms with E-state index in [-0.39, 0.29) is 6.04 Å². The third-order valence-electron chi connectivity index (χ3n) is 3.90. The molecule has 0 bridgehead atoms. The lowest BCUT2D eigenvalue weighted by Crippen LogP contribution is -2.17. The van der Waals surface area contributed by atoms with E-state index in [0.717, 1.165) is 28.1 Å². The van der Waals surface area contributed by atoms with Gasteiger partial charge in [-0.1, -0.05) is 19.3 Å². The molecule has 1 aromatic carbocycles. The van der Waals surface area contributed by atoms with Gasteiger partial charge < -0.3 is 15.2 Å². The Kier molecular flexibility index (Phi) is 6.05. The van der Waals surface area contributed by atoms with E-state index in [1.165, 1.54) is 32.1 Å². The minimum absolute atomic E-state index is 0.00743. The highest BCUT2D eigenvalue weighted by molar-refractivity contribution is 7.99. The fraction of sp³-hybridized carbons (Fsp3) is 0.625. The van der Waals surface area contributed by atoms with Crippen LogP contribution >= 0.6 is 11.8 Å². The summed E-state index contributed by atoms with van der Waals surface area (Å²) >= 11 is 2.01. The summed E-state index contributed by atoms with van der Waals surface area (Å²) in [7, 11) is 3.36. The molecule has 1 aliphatic rings. The van der Waals surface area contributed by atoms with E-state index in [9.17, 15) is 0 Å². The van der Waals surface area contributed by atoms with E-state index >= 15 is 0 Å². The Morgan fingerprint density at radius 3 is 2.60 bits per heavy atom. The SMILES string of the molecule is COc1ccc(OC)c(C(N)CSC2CCCCC2)c1. The molecular weight excluding hydrogens is 270 g/mol. The van der Waals surface area contributed by atoms with Crippen LogP contribution in [0.15, 0.2) is 18.2 Å². The summed E-state index contributed by atoms with van der Waals surface area (Å²) < 4.78 is 10.7. The van der Waals surface area contributed by atoms with E-state index in [0.29, 0.717) is 0 Å². The number of nitrogens with two attached hydrogens (primary N) is 1. The van der Waals surface area contributed by atoms with Gasteiger partial charge in [0.2, 0.25) is 0 Å². The van der Waals surface area contributed by atoms with Crippen molar-refractivity contribution in [2.24, 2.45) is 5.73 Å². The van der Waals surface area contributed by atoms with E-state index in [1.807, 2.05) is 30.0 Å². The standard InChI is InChI=1S/C16H25NO2S/c1-18-12-8-9-16(19-2)14(10-12)15(17)11-20-13-6-4-3-5-7-13/h8-10,13,15H,3-7,11,17H2,1-2H3. The molecule has 1 atom stereocenters. The highest BCUT2D eigenvalue weighted by Crippen LogP contribution is 2.34. The molecule has 0 aliphatic heterocycles. The Morgan fingerprint density at radius 1 is 1.20 bits per heavy atom. The molecule has 1 fully saturated rings. The van der Waals surface area contributed by atoms with Crippen molar-refractivity contribution >= 4 is 11.8 Å². The first kappa shape index (κ1) is 15.5. The molecule has 0 spiro atoms. The monoisotopic (exact) mass is 295 g/mol. The van der Waals surface area contributed by atoms with Gasteiger partial charge in [0.15, 0.2) is 0 Å². The molecule has 0 aromatic heterocycles. The molecule has 112 valence electrons. The second-order valence-electron chi connectivity index (χ2n) is 5.31. The van der Waals surface area contributed by atoms with Crippen molar-refractivity contribution in [2.75, 3.05) is 20.0 Å². The smallest absolute Gasteiger partial charge is 0.123 e. The predicted octanol–water partition coefficient (Wildman–Crippen LogP) is 3.77. The van der Waals surface area contributed by atoms with Crippen molar-refractivity contribution in [3.05, 3.63) is 23.8 Å². The fourth-order valence-corrected chi connectivity index (χ4v) is 4.02. The molecule has 1 saturated carbocycles. The molecule has 1 aromatic rings. The second kappa shape index (κ2) is 7.79. The Labute approximate surface area is 126 Å². The average Bonchev–Trinajstić information content (AvgIpc) is 2.52. The van der Waals surface area contributed by atoms with Gasteiger partial charge in [-0.25, -0.2) is 0 Å². The van der Waals surface area contributed by atoms with Gasteiger partial charge in [-0.2, -0.15) is 11.8 Å². The molecule has 0 heterocycles. The molecule has 1 aliphatic carbocycles. The molecule has 2 rings (SSSR count). The van der Waals surface area contributed by atoms with Crippen LogP contribution in [-0.2, 0) is 0 Å². The van der Waals surface area contributed by atoms with Crippen LogP contribution in [0.1, 0.15) is 43.7 Å². The summed E-state index contributed by atoms with van der Waals surface area (Å²) in [6.07, 6.45) is 6.82. The lowest BCUT2D eigenvalue weighted by molar-refractivity contribution is 0.396. The van der Waals surface area contributed by atoms with Crippen molar-refractivity contribution in [3.63, 3.8) is 0 Å². The lowest BCUT2D eigenvalue weighted by Gasteiger charge is -2.23. The maximum absolute atomic E-state index is 6.36. The molecule has 0 amide bonds. The minimum Gasteiger partial charge on any atom is -0.497 e. The Hall–Kier alpha value is -0.870. The highest BCUT2D eigenvalue weighted by atomic mass is 32.2. The van der Waals surface area contributed by atoms with Crippen molar-refractivity contribution in [2.45, 2.75) is 43.4 Å². The van der Waals surface area contributed by atoms with E-state index in [1.54, 1.807) is 14.2 Å². The Balaban J connectivity index is 1.98. The number of hydrogen-bond acceptors (Lipinski definition) is 4. The molecule has 1 unspecified atom stereocenters. The van der Waals surface area contributed by atoms with Gasteiger partial charge in [-0.3, -0.25) is 0 Å². The number of hydrogen-bond donors (Lipinski definition) is 1. The minimum atomic E-state index is -0.00743. The zero-order chi connectivity index (χ0) is 14.4. The number of thioether (sulfide) groups is 1. The quantitative estimate of drug-likeness (QED) is 0.867. The van der Waals surface area contributed by atoms with Crippen LogP contribution < -0.4 is 15.2 Å². The zero-order valence-electron chi connectivity index (χ0n) is 12.4. The van der Waals surface area contributed by atoms with Gasteiger partial charge in [-0.05, 0) is 31.0 Å². The number of methoxy groups -OCH3 is 2. The van der Waals surface area contributed by atoms with E-state index in [4.69, 9.17) is 15.2 Å². The maximum atomic E-state index is 6.36. The zero-order valence-corrected chi connectivity index (χ0v) is 13.2. The Bertz CT molecular complexity index is 419. The first-order valence-electron chi connectivity index (χ1n) is 7.33. The molecule has 0 radical (unpaired) electrons. The van der Waals surface area contributed by atoms with Crippen molar-refractivity contribution in [1.29, 1.82) is 0 Å². The summed E-state index contributed by atoms with van der Waals surface area (Å²) in [6.45, 7) is 0. The van der Waals surface area contributed by atoms with Gasteiger partial charge in [0.05, 0.1) is 14.2 Å². The summed E-state index contributed by atoms with van der Waals surface area (Å²) in [4.78, 5) is 0. The largest absolute Gasteiger partial charge is 0.497 e. The number of ether oxygens (including phenoxy) is 2. The van der Waals surface area contributed by atoms with Crippen LogP contribution in [0.25, 0.3) is 0 Å². The molecule has 3 nitrogen and oxygen atoms in total. The van der Waals surface area contributed by atoms with Crippen LogP contribution in [0.3, 0.4) is 0 Å². The average molecular weight is 295 g/mol. The number of benzene rings is 1. The number of rotatable bonds is 6. The topological polar surface area (TPSA) is 44.5 Å². The molecule has 20 heavy (non-hydrogen) atoms. The van der Waals surface area contributed by atoms with Gasteiger partial charge in [0, 0.05) is 22.6 Å². The second-order valence-corrected chi connectivity index (χ2v) is 6.64. The van der Waals surface area contributed by atoms with Crippen LogP contribution in [0.4, 0.5) is 0 Å². The van der Waals surface area contributed by atoms with E-state index in [2.05, 4.69) is 0 Å².